The summed E-state index contributed by atoms with van der Waals surface area (Å²) in [6.07, 6.45) is 1.89. The summed E-state index contributed by atoms with van der Waals surface area (Å²) in [6, 6.07) is 9.92. The van der Waals surface area contributed by atoms with Crippen LogP contribution in [0, 0.1) is 0 Å². The Morgan fingerprint density at radius 2 is 2.00 bits per heavy atom. The van der Waals surface area contributed by atoms with E-state index < -0.39 is 0 Å². The molecule has 0 saturated heterocycles. The fraction of sp³-hybridized carbons (Fsp3) is 0.250. The molecule has 2 aromatic rings. The maximum atomic E-state index is 9.24. The van der Waals surface area contributed by atoms with Crippen molar-refractivity contribution in [3.63, 3.8) is 0 Å². The van der Waals surface area contributed by atoms with E-state index in [-0.39, 0.29) is 6.61 Å². The van der Waals surface area contributed by atoms with Crippen molar-refractivity contribution in [3.05, 3.63) is 42.1 Å². The summed E-state index contributed by atoms with van der Waals surface area (Å²) in [5, 5.41) is 13.7. The highest BCUT2D eigenvalue weighted by atomic mass is 16.3. The Balaban J connectivity index is 2.47. The van der Waals surface area contributed by atoms with Crippen LogP contribution in [0.15, 0.2) is 36.5 Å². The lowest BCUT2D eigenvalue weighted by atomic mass is 10.1. The number of benzene rings is 1. The Kier molecular flexibility index (Phi) is 2.83. The first-order valence-electron chi connectivity index (χ1n) is 5.07. The van der Waals surface area contributed by atoms with Crippen LogP contribution in [0.2, 0.25) is 0 Å². The molecule has 0 unspecified atom stereocenters. The predicted molar refractivity (Wildman–Crippen MR) is 59.3 cm³/mol. The van der Waals surface area contributed by atoms with Gasteiger partial charge in [0.05, 0.1) is 12.3 Å². The molecule has 0 fully saturated rings. The summed E-state index contributed by atoms with van der Waals surface area (Å²) < 4.78 is 1.84. The molecule has 15 heavy (non-hydrogen) atoms. The number of nitrogens with zero attached hydrogens (tertiary/aromatic N) is 2. The number of aromatic nitrogens is 2. The van der Waals surface area contributed by atoms with Crippen LogP contribution in [0.1, 0.15) is 12.5 Å². The van der Waals surface area contributed by atoms with E-state index in [1.165, 1.54) is 0 Å². The summed E-state index contributed by atoms with van der Waals surface area (Å²) in [7, 11) is 0. The lowest BCUT2D eigenvalue weighted by Gasteiger charge is -1.98. The predicted octanol–water partition coefficient (Wildman–Crippen LogP) is 2.06. The average Bonchev–Trinajstić information content (AvgIpc) is 2.73. The maximum Gasteiger partial charge on any atom is 0.0978 e. The SMILES string of the molecule is CCn1cc(CO)c(-c2ccccc2)n1. The number of aliphatic hydroxyl groups excluding tert-OH is 1. The monoisotopic (exact) mass is 202 g/mol. The molecule has 0 bridgehead atoms. The first-order valence-corrected chi connectivity index (χ1v) is 5.07. The lowest BCUT2D eigenvalue weighted by molar-refractivity contribution is 0.282. The standard InChI is InChI=1S/C12H14N2O/c1-2-14-8-11(9-15)12(13-14)10-6-4-3-5-7-10/h3-8,15H,2,9H2,1H3. The molecular weight excluding hydrogens is 188 g/mol. The van der Waals surface area contributed by atoms with Gasteiger partial charge in [0.15, 0.2) is 0 Å². The first kappa shape index (κ1) is 9.93. The molecule has 3 heteroatoms. The van der Waals surface area contributed by atoms with Gasteiger partial charge in [-0.2, -0.15) is 5.10 Å². The Labute approximate surface area is 89.0 Å². The molecule has 78 valence electrons. The summed E-state index contributed by atoms with van der Waals surface area (Å²) in [4.78, 5) is 0. The molecule has 0 radical (unpaired) electrons. The number of rotatable bonds is 3. The van der Waals surface area contributed by atoms with Gasteiger partial charge < -0.3 is 5.11 Å². The van der Waals surface area contributed by atoms with Crippen LogP contribution in [0.3, 0.4) is 0 Å². The van der Waals surface area contributed by atoms with Crippen molar-refractivity contribution >= 4 is 0 Å². The van der Waals surface area contributed by atoms with Gasteiger partial charge in [-0.05, 0) is 6.92 Å². The van der Waals surface area contributed by atoms with E-state index >= 15 is 0 Å². The molecular formula is C12H14N2O. The third kappa shape index (κ3) is 1.92. The highest BCUT2D eigenvalue weighted by Crippen LogP contribution is 2.21. The Morgan fingerprint density at radius 3 is 2.60 bits per heavy atom. The van der Waals surface area contributed by atoms with Gasteiger partial charge in [-0.25, -0.2) is 0 Å². The third-order valence-electron chi connectivity index (χ3n) is 2.38. The van der Waals surface area contributed by atoms with Gasteiger partial charge >= 0.3 is 0 Å². The van der Waals surface area contributed by atoms with E-state index in [9.17, 15) is 5.11 Å². The second-order valence-corrected chi connectivity index (χ2v) is 3.38. The first-order chi connectivity index (χ1) is 7.35. The summed E-state index contributed by atoms with van der Waals surface area (Å²) in [5.41, 5.74) is 2.80. The van der Waals surface area contributed by atoms with E-state index in [2.05, 4.69) is 5.10 Å². The van der Waals surface area contributed by atoms with Crippen LogP contribution in [0.25, 0.3) is 11.3 Å². The quantitative estimate of drug-likeness (QED) is 0.827. The molecule has 0 spiro atoms. The van der Waals surface area contributed by atoms with Crippen molar-refractivity contribution in [3.8, 4) is 11.3 Å². The molecule has 1 aromatic heterocycles. The fourth-order valence-corrected chi connectivity index (χ4v) is 1.58. The molecule has 1 heterocycles. The van der Waals surface area contributed by atoms with Crippen molar-refractivity contribution < 1.29 is 5.11 Å². The molecule has 1 N–H and O–H groups in total. The molecule has 0 saturated carbocycles. The molecule has 0 atom stereocenters. The molecule has 0 aliphatic carbocycles. The average molecular weight is 202 g/mol. The van der Waals surface area contributed by atoms with Crippen LogP contribution >= 0.6 is 0 Å². The molecule has 2 rings (SSSR count). The van der Waals surface area contributed by atoms with Gasteiger partial charge in [0.1, 0.15) is 0 Å². The number of hydrogen-bond acceptors (Lipinski definition) is 2. The Hall–Kier alpha value is -1.61. The van der Waals surface area contributed by atoms with Gasteiger partial charge in [0, 0.05) is 23.9 Å². The van der Waals surface area contributed by atoms with Crippen LogP contribution in [0.4, 0.5) is 0 Å². The number of aryl methyl sites for hydroxylation is 1. The Bertz CT molecular complexity index is 434. The van der Waals surface area contributed by atoms with E-state index in [1.807, 2.05) is 48.1 Å². The normalized spacial score (nSPS) is 10.5. The molecule has 1 aromatic carbocycles. The summed E-state index contributed by atoms with van der Waals surface area (Å²) >= 11 is 0. The second kappa shape index (κ2) is 4.28. The highest BCUT2D eigenvalue weighted by molar-refractivity contribution is 5.62. The van der Waals surface area contributed by atoms with Crippen molar-refractivity contribution in [2.24, 2.45) is 0 Å². The van der Waals surface area contributed by atoms with E-state index in [1.54, 1.807) is 0 Å². The van der Waals surface area contributed by atoms with Crippen LogP contribution < -0.4 is 0 Å². The minimum absolute atomic E-state index is 0.0320. The van der Waals surface area contributed by atoms with E-state index in [4.69, 9.17) is 0 Å². The van der Waals surface area contributed by atoms with Crippen molar-refractivity contribution in [1.29, 1.82) is 0 Å². The maximum absolute atomic E-state index is 9.24. The minimum atomic E-state index is 0.0320. The molecule has 3 nitrogen and oxygen atoms in total. The zero-order chi connectivity index (χ0) is 10.7. The van der Waals surface area contributed by atoms with E-state index in [0.29, 0.717) is 0 Å². The topological polar surface area (TPSA) is 38.0 Å². The van der Waals surface area contributed by atoms with Gasteiger partial charge in [0.2, 0.25) is 0 Å². The lowest BCUT2D eigenvalue weighted by Crippen LogP contribution is -1.93. The minimum Gasteiger partial charge on any atom is -0.392 e. The fourth-order valence-electron chi connectivity index (χ4n) is 1.58. The van der Waals surface area contributed by atoms with Gasteiger partial charge in [-0.15, -0.1) is 0 Å². The van der Waals surface area contributed by atoms with Crippen LogP contribution in [0.5, 0.6) is 0 Å². The zero-order valence-corrected chi connectivity index (χ0v) is 8.72. The van der Waals surface area contributed by atoms with Crippen molar-refractivity contribution in [2.75, 3.05) is 0 Å². The van der Waals surface area contributed by atoms with Gasteiger partial charge in [0.25, 0.3) is 0 Å². The smallest absolute Gasteiger partial charge is 0.0978 e. The zero-order valence-electron chi connectivity index (χ0n) is 8.72. The van der Waals surface area contributed by atoms with Gasteiger partial charge in [-0.3, -0.25) is 4.68 Å². The van der Waals surface area contributed by atoms with Crippen LogP contribution in [-0.4, -0.2) is 14.9 Å². The van der Waals surface area contributed by atoms with Gasteiger partial charge in [-0.1, -0.05) is 30.3 Å². The second-order valence-electron chi connectivity index (χ2n) is 3.38. The van der Waals surface area contributed by atoms with Crippen molar-refractivity contribution in [1.82, 2.24) is 9.78 Å². The highest BCUT2D eigenvalue weighted by Gasteiger charge is 2.08. The Morgan fingerprint density at radius 1 is 1.27 bits per heavy atom. The molecule has 0 aliphatic rings. The molecule has 0 amide bonds. The van der Waals surface area contributed by atoms with Crippen molar-refractivity contribution in [2.45, 2.75) is 20.1 Å². The summed E-state index contributed by atoms with van der Waals surface area (Å²) in [6.45, 7) is 2.88. The molecule has 0 aliphatic heterocycles. The van der Waals surface area contributed by atoms with E-state index in [0.717, 1.165) is 23.4 Å². The summed E-state index contributed by atoms with van der Waals surface area (Å²) in [5.74, 6) is 0. The third-order valence-corrected chi connectivity index (χ3v) is 2.38. The number of aliphatic hydroxyl groups is 1. The largest absolute Gasteiger partial charge is 0.392 e. The van der Waals surface area contributed by atoms with Crippen LogP contribution in [-0.2, 0) is 13.2 Å². The number of hydrogen-bond donors (Lipinski definition) is 1.